The summed E-state index contributed by atoms with van der Waals surface area (Å²) >= 11 is 6.39. The van der Waals surface area contributed by atoms with E-state index in [-0.39, 0.29) is 5.41 Å². The molecule has 7 heteroatoms. The average molecular weight is 359 g/mol. The first-order valence-corrected chi connectivity index (χ1v) is 8.32. The van der Waals surface area contributed by atoms with Gasteiger partial charge < -0.3 is 0 Å². The summed E-state index contributed by atoms with van der Waals surface area (Å²) in [7, 11) is 0. The first-order chi connectivity index (χ1) is 8.88. The Morgan fingerprint density at radius 2 is 2.00 bits per heavy atom. The van der Waals surface area contributed by atoms with Gasteiger partial charge in [0.2, 0.25) is 0 Å². The first-order valence-electron chi connectivity index (χ1n) is 5.94. The quantitative estimate of drug-likeness (QED) is 0.773. The highest BCUT2D eigenvalue weighted by atomic mass is 79.9. The predicted molar refractivity (Wildman–Crippen MR) is 81.8 cm³/mol. The molecule has 0 aliphatic heterocycles. The lowest BCUT2D eigenvalue weighted by molar-refractivity contribution is 0.536. The van der Waals surface area contributed by atoms with Gasteiger partial charge in [0.25, 0.3) is 0 Å². The summed E-state index contributed by atoms with van der Waals surface area (Å²) in [6.45, 7) is 8.35. The lowest BCUT2D eigenvalue weighted by Crippen LogP contribution is -2.16. The van der Waals surface area contributed by atoms with Crippen LogP contribution in [0.2, 0.25) is 0 Å². The second-order valence-corrected chi connectivity index (χ2v) is 7.87. The van der Waals surface area contributed by atoms with E-state index in [1.807, 2.05) is 6.07 Å². The van der Waals surface area contributed by atoms with Crippen molar-refractivity contribution in [3.05, 3.63) is 22.3 Å². The van der Waals surface area contributed by atoms with E-state index < -0.39 is 0 Å². The summed E-state index contributed by atoms with van der Waals surface area (Å²) < 4.78 is 6.00. The van der Waals surface area contributed by atoms with Gasteiger partial charge in [0.1, 0.15) is 21.3 Å². The van der Waals surface area contributed by atoms with Gasteiger partial charge in [-0.3, -0.25) is 0 Å². The van der Waals surface area contributed by atoms with E-state index in [4.69, 9.17) is 0 Å². The van der Waals surface area contributed by atoms with Crippen molar-refractivity contribution in [2.45, 2.75) is 48.9 Å². The number of rotatable bonds is 3. The fourth-order valence-electron chi connectivity index (χ4n) is 1.30. The minimum atomic E-state index is -0.0746. The molecule has 0 N–H and O–H groups in total. The van der Waals surface area contributed by atoms with E-state index >= 15 is 0 Å². The zero-order chi connectivity index (χ0) is 14.0. The Morgan fingerprint density at radius 1 is 1.26 bits per heavy atom. The fraction of sp³-hybridized carbons (Fsp3) is 0.500. The Morgan fingerprint density at radius 3 is 2.58 bits per heavy atom. The lowest BCUT2D eigenvalue weighted by Gasteiger charge is -2.17. The van der Waals surface area contributed by atoms with Gasteiger partial charge in [0.15, 0.2) is 4.34 Å². The molecule has 2 rings (SSSR count). The molecule has 102 valence electrons. The Balaban J connectivity index is 2.27. The molecule has 19 heavy (non-hydrogen) atoms. The number of nitrogens with zero attached hydrogens (tertiary/aromatic N) is 4. The topological polar surface area (TPSA) is 51.6 Å². The molecule has 0 unspecified atom stereocenters. The minimum Gasteiger partial charge on any atom is -0.226 e. The van der Waals surface area contributed by atoms with Gasteiger partial charge in [-0.2, -0.15) is 4.37 Å². The number of aromatic nitrogens is 4. The molecule has 0 spiro atoms. The van der Waals surface area contributed by atoms with E-state index in [1.54, 1.807) is 0 Å². The molecule has 0 amide bonds. The van der Waals surface area contributed by atoms with Crippen molar-refractivity contribution in [2.24, 2.45) is 0 Å². The van der Waals surface area contributed by atoms with E-state index in [0.717, 1.165) is 32.0 Å². The molecule has 2 aromatic heterocycles. The highest BCUT2D eigenvalue weighted by Gasteiger charge is 2.19. The van der Waals surface area contributed by atoms with Crippen molar-refractivity contribution in [1.29, 1.82) is 0 Å². The molecule has 0 aromatic carbocycles. The summed E-state index contributed by atoms with van der Waals surface area (Å²) in [4.78, 5) is 13.5. The molecule has 0 aliphatic carbocycles. The maximum atomic E-state index is 4.60. The van der Waals surface area contributed by atoms with Crippen LogP contribution in [0.25, 0.3) is 0 Å². The SMILES string of the molecule is CCc1nsc(Sc2cc(Br)nc(C(C)(C)C)n2)n1. The summed E-state index contributed by atoms with van der Waals surface area (Å²) in [5.41, 5.74) is -0.0746. The van der Waals surface area contributed by atoms with Gasteiger partial charge >= 0.3 is 0 Å². The van der Waals surface area contributed by atoms with Crippen molar-refractivity contribution < 1.29 is 0 Å². The minimum absolute atomic E-state index is 0.0746. The first kappa shape index (κ1) is 14.9. The maximum Gasteiger partial charge on any atom is 0.176 e. The fourth-order valence-corrected chi connectivity index (χ4v) is 3.48. The summed E-state index contributed by atoms with van der Waals surface area (Å²) in [5.74, 6) is 1.71. The maximum absolute atomic E-state index is 4.60. The Labute approximate surface area is 129 Å². The van der Waals surface area contributed by atoms with Crippen LogP contribution in [0.1, 0.15) is 39.3 Å². The highest BCUT2D eigenvalue weighted by Crippen LogP contribution is 2.30. The van der Waals surface area contributed by atoms with E-state index in [2.05, 4.69) is 63.0 Å². The Kier molecular flexibility index (Phi) is 4.58. The van der Waals surface area contributed by atoms with Crippen LogP contribution in [0, 0.1) is 0 Å². The predicted octanol–water partition coefficient (Wildman–Crippen LogP) is 4.10. The zero-order valence-corrected chi connectivity index (χ0v) is 14.5. The van der Waals surface area contributed by atoms with E-state index in [0.29, 0.717) is 0 Å². The van der Waals surface area contributed by atoms with Gasteiger partial charge in [-0.15, -0.1) is 0 Å². The second-order valence-electron chi connectivity index (χ2n) is 5.03. The Bertz CT molecular complexity index is 577. The van der Waals surface area contributed by atoms with Crippen molar-refractivity contribution in [3.63, 3.8) is 0 Å². The average Bonchev–Trinajstić information content (AvgIpc) is 2.75. The number of hydrogen-bond acceptors (Lipinski definition) is 6. The summed E-state index contributed by atoms with van der Waals surface area (Å²) in [6, 6.07) is 1.91. The summed E-state index contributed by atoms with van der Waals surface area (Å²) in [6.07, 6.45) is 0.859. The van der Waals surface area contributed by atoms with Crippen molar-refractivity contribution in [1.82, 2.24) is 19.3 Å². The van der Waals surface area contributed by atoms with E-state index in [9.17, 15) is 0 Å². The van der Waals surface area contributed by atoms with Crippen molar-refractivity contribution in [3.8, 4) is 0 Å². The smallest absolute Gasteiger partial charge is 0.176 e. The molecule has 0 aliphatic rings. The van der Waals surface area contributed by atoms with Crippen molar-refractivity contribution >= 4 is 39.2 Å². The van der Waals surface area contributed by atoms with Crippen LogP contribution in [0.3, 0.4) is 0 Å². The summed E-state index contributed by atoms with van der Waals surface area (Å²) in [5, 5.41) is 0.894. The van der Waals surface area contributed by atoms with Crippen LogP contribution in [0.4, 0.5) is 0 Å². The van der Waals surface area contributed by atoms with Crippen LogP contribution in [-0.2, 0) is 11.8 Å². The molecule has 0 atom stereocenters. The third-order valence-electron chi connectivity index (χ3n) is 2.30. The normalized spacial score (nSPS) is 11.8. The molecule has 4 nitrogen and oxygen atoms in total. The lowest BCUT2D eigenvalue weighted by atomic mass is 9.96. The number of aryl methyl sites for hydroxylation is 1. The van der Waals surface area contributed by atoms with Crippen LogP contribution >= 0.6 is 39.2 Å². The zero-order valence-electron chi connectivity index (χ0n) is 11.3. The second kappa shape index (κ2) is 5.85. The molecule has 0 radical (unpaired) electrons. The molecule has 0 fully saturated rings. The molecular weight excluding hydrogens is 344 g/mol. The molecule has 0 bridgehead atoms. The van der Waals surface area contributed by atoms with Crippen molar-refractivity contribution in [2.75, 3.05) is 0 Å². The van der Waals surface area contributed by atoms with Crippen LogP contribution in [-0.4, -0.2) is 19.3 Å². The van der Waals surface area contributed by atoms with Gasteiger partial charge in [0.05, 0.1) is 0 Å². The molecule has 2 aromatic rings. The van der Waals surface area contributed by atoms with E-state index in [1.165, 1.54) is 23.3 Å². The molecule has 0 saturated heterocycles. The standard InChI is InChI=1S/C12H15BrN4S2/c1-5-8-15-11(19-17-8)18-9-6-7(13)14-10(16-9)12(2,3)4/h6H,5H2,1-4H3. The van der Waals surface area contributed by atoms with Gasteiger partial charge in [-0.1, -0.05) is 27.7 Å². The van der Waals surface area contributed by atoms with Gasteiger partial charge in [-0.05, 0) is 39.2 Å². The van der Waals surface area contributed by atoms with Gasteiger partial charge in [0, 0.05) is 17.9 Å². The highest BCUT2D eigenvalue weighted by molar-refractivity contribution is 9.10. The number of hydrogen-bond donors (Lipinski definition) is 0. The molecule has 0 saturated carbocycles. The van der Waals surface area contributed by atoms with Crippen LogP contribution in [0.15, 0.2) is 20.0 Å². The molecule has 2 heterocycles. The number of halogens is 1. The third-order valence-corrected chi connectivity index (χ3v) is 4.41. The Hall–Kier alpha value is -0.530. The largest absolute Gasteiger partial charge is 0.226 e. The monoisotopic (exact) mass is 358 g/mol. The van der Waals surface area contributed by atoms with Gasteiger partial charge in [-0.25, -0.2) is 15.0 Å². The van der Waals surface area contributed by atoms with Crippen LogP contribution < -0.4 is 0 Å². The molecular formula is C12H15BrN4S2. The third kappa shape index (κ3) is 3.97. The van der Waals surface area contributed by atoms with Crippen LogP contribution in [0.5, 0.6) is 0 Å².